The van der Waals surface area contributed by atoms with E-state index in [2.05, 4.69) is 0 Å². The summed E-state index contributed by atoms with van der Waals surface area (Å²) in [4.78, 5) is 14.8. The number of morpholine rings is 1. The van der Waals surface area contributed by atoms with Crippen molar-refractivity contribution in [3.63, 3.8) is 0 Å². The van der Waals surface area contributed by atoms with E-state index in [1.165, 1.54) is 0 Å². The zero-order valence-electron chi connectivity index (χ0n) is 17.1. The van der Waals surface area contributed by atoms with Gasteiger partial charge in [-0.25, -0.2) is 0 Å². The molecule has 0 radical (unpaired) electrons. The van der Waals surface area contributed by atoms with Gasteiger partial charge >= 0.3 is 0 Å². The number of nitrogens with zero attached hydrogens (tertiary/aromatic N) is 1. The summed E-state index contributed by atoms with van der Waals surface area (Å²) in [7, 11) is 1.60. The Morgan fingerprint density at radius 3 is 2.50 bits per heavy atom. The zero-order chi connectivity index (χ0) is 20.9. The molecule has 30 heavy (non-hydrogen) atoms. The highest BCUT2D eigenvalue weighted by Gasteiger charge is 2.31. The fourth-order valence-corrected chi connectivity index (χ4v) is 3.58. The van der Waals surface area contributed by atoms with Crippen molar-refractivity contribution in [1.29, 1.82) is 0 Å². The summed E-state index contributed by atoms with van der Waals surface area (Å²) in [5.41, 5.74) is 1.06. The highest BCUT2D eigenvalue weighted by atomic mass is 16.5. The predicted molar refractivity (Wildman–Crippen MR) is 112 cm³/mol. The summed E-state index contributed by atoms with van der Waals surface area (Å²) in [6.45, 7) is 3.20. The van der Waals surface area contributed by atoms with Crippen molar-refractivity contribution in [2.24, 2.45) is 0 Å². The molecule has 1 amide bonds. The van der Waals surface area contributed by atoms with Crippen molar-refractivity contribution < 1.29 is 23.4 Å². The molecule has 6 nitrogen and oxygen atoms in total. The Labute approximate surface area is 176 Å². The number of methoxy groups -OCH3 is 1. The Bertz CT molecular complexity index is 984. The molecule has 0 aliphatic carbocycles. The second-order valence-electron chi connectivity index (χ2n) is 7.26. The molecular weight excluding hydrogens is 382 g/mol. The van der Waals surface area contributed by atoms with Crippen molar-refractivity contribution >= 4 is 5.91 Å². The van der Waals surface area contributed by atoms with Gasteiger partial charge in [0.2, 0.25) is 0 Å². The Balaban J connectivity index is 1.42. The minimum absolute atomic E-state index is 0.0591. The second-order valence-corrected chi connectivity index (χ2v) is 7.26. The van der Waals surface area contributed by atoms with E-state index in [0.29, 0.717) is 36.1 Å². The molecule has 1 aromatic heterocycles. The van der Waals surface area contributed by atoms with Gasteiger partial charge in [0.15, 0.2) is 17.3 Å². The topological polar surface area (TPSA) is 61.1 Å². The average Bonchev–Trinajstić information content (AvgIpc) is 3.26. The van der Waals surface area contributed by atoms with E-state index in [4.69, 9.17) is 18.6 Å². The number of amides is 1. The molecule has 0 spiro atoms. The number of benzene rings is 2. The molecule has 3 aromatic rings. The summed E-state index contributed by atoms with van der Waals surface area (Å²) in [5.74, 6) is 2.00. The van der Waals surface area contributed by atoms with Crippen LogP contribution in [0.4, 0.5) is 0 Å². The second kappa shape index (κ2) is 9.05. The first-order valence-electron chi connectivity index (χ1n) is 9.98. The lowest BCUT2D eigenvalue weighted by Crippen LogP contribution is -2.45. The molecule has 2 atom stereocenters. The van der Waals surface area contributed by atoms with Gasteiger partial charge in [0.1, 0.15) is 18.5 Å². The van der Waals surface area contributed by atoms with Gasteiger partial charge in [-0.3, -0.25) is 4.79 Å². The Morgan fingerprint density at radius 2 is 1.73 bits per heavy atom. The monoisotopic (exact) mass is 407 g/mol. The van der Waals surface area contributed by atoms with Crippen LogP contribution in [0.2, 0.25) is 0 Å². The number of furan rings is 1. The molecule has 1 saturated heterocycles. The summed E-state index contributed by atoms with van der Waals surface area (Å²) in [6, 6.07) is 20.8. The third-order valence-electron chi connectivity index (χ3n) is 5.03. The minimum atomic E-state index is -0.151. The van der Waals surface area contributed by atoms with E-state index in [1.54, 1.807) is 24.1 Å². The fraction of sp³-hybridized carbons (Fsp3) is 0.292. The number of hydrogen-bond donors (Lipinski definition) is 0. The molecule has 0 saturated carbocycles. The van der Waals surface area contributed by atoms with Gasteiger partial charge in [-0.1, -0.05) is 42.5 Å². The fourth-order valence-electron chi connectivity index (χ4n) is 3.58. The van der Waals surface area contributed by atoms with Crippen LogP contribution in [0.5, 0.6) is 11.5 Å². The smallest absolute Gasteiger partial charge is 0.289 e. The lowest BCUT2D eigenvalue weighted by Gasteiger charge is -2.36. The number of carbonyl (C=O) groups is 1. The first-order valence-corrected chi connectivity index (χ1v) is 9.98. The maximum Gasteiger partial charge on any atom is 0.289 e. The molecule has 2 aromatic carbocycles. The largest absolute Gasteiger partial charge is 0.493 e. The molecule has 1 fully saturated rings. The average molecular weight is 407 g/mol. The van der Waals surface area contributed by atoms with Gasteiger partial charge in [0.05, 0.1) is 19.8 Å². The van der Waals surface area contributed by atoms with Crippen LogP contribution in [0.1, 0.15) is 34.9 Å². The predicted octanol–water partition coefficient (Wildman–Crippen LogP) is 4.47. The normalized spacial score (nSPS) is 18.8. The molecule has 1 aliphatic rings. The van der Waals surface area contributed by atoms with Gasteiger partial charge in [0.25, 0.3) is 5.91 Å². The SMILES string of the molecule is COc1ccccc1OCc1ccc(C(=O)N2CC(C)OC(c3ccccc3)C2)o1. The summed E-state index contributed by atoms with van der Waals surface area (Å²) >= 11 is 0. The van der Waals surface area contributed by atoms with Crippen molar-refractivity contribution in [1.82, 2.24) is 4.90 Å². The van der Waals surface area contributed by atoms with Crippen molar-refractivity contribution in [3.8, 4) is 11.5 Å². The van der Waals surface area contributed by atoms with Gasteiger partial charge in [-0.2, -0.15) is 0 Å². The number of rotatable bonds is 6. The van der Waals surface area contributed by atoms with Crippen molar-refractivity contribution in [2.45, 2.75) is 25.7 Å². The van der Waals surface area contributed by atoms with E-state index in [0.717, 1.165) is 5.56 Å². The number of para-hydroxylation sites is 2. The number of hydrogen-bond acceptors (Lipinski definition) is 5. The van der Waals surface area contributed by atoms with Gasteiger partial charge < -0.3 is 23.5 Å². The molecular formula is C24H25NO5. The molecule has 156 valence electrons. The Morgan fingerprint density at radius 1 is 1.00 bits per heavy atom. The lowest BCUT2D eigenvalue weighted by atomic mass is 10.1. The highest BCUT2D eigenvalue weighted by molar-refractivity contribution is 5.91. The van der Waals surface area contributed by atoms with E-state index in [9.17, 15) is 4.79 Å². The number of carbonyl (C=O) groups excluding carboxylic acids is 1. The molecule has 0 N–H and O–H groups in total. The maximum absolute atomic E-state index is 13.0. The molecule has 6 heteroatoms. The van der Waals surface area contributed by atoms with Crippen LogP contribution in [0.25, 0.3) is 0 Å². The van der Waals surface area contributed by atoms with Crippen LogP contribution in [0, 0.1) is 0 Å². The van der Waals surface area contributed by atoms with E-state index >= 15 is 0 Å². The zero-order valence-corrected chi connectivity index (χ0v) is 17.1. The quantitative estimate of drug-likeness (QED) is 0.603. The Kier molecular flexibility index (Phi) is 6.05. The van der Waals surface area contributed by atoms with Gasteiger partial charge in [-0.05, 0) is 36.8 Å². The van der Waals surface area contributed by atoms with E-state index in [-0.39, 0.29) is 24.7 Å². The van der Waals surface area contributed by atoms with Crippen LogP contribution in [-0.4, -0.2) is 37.1 Å². The van der Waals surface area contributed by atoms with Crippen LogP contribution < -0.4 is 9.47 Å². The lowest BCUT2D eigenvalue weighted by molar-refractivity contribution is -0.0697. The Hall–Kier alpha value is -3.25. The van der Waals surface area contributed by atoms with Crippen molar-refractivity contribution in [2.75, 3.05) is 20.2 Å². The molecule has 1 aliphatic heterocycles. The first kappa shape index (κ1) is 20.0. The highest BCUT2D eigenvalue weighted by Crippen LogP contribution is 2.28. The van der Waals surface area contributed by atoms with Crippen LogP contribution >= 0.6 is 0 Å². The van der Waals surface area contributed by atoms with E-state index < -0.39 is 0 Å². The number of ether oxygens (including phenoxy) is 3. The van der Waals surface area contributed by atoms with Crippen molar-refractivity contribution in [3.05, 3.63) is 83.8 Å². The molecule has 2 unspecified atom stereocenters. The first-order chi connectivity index (χ1) is 14.6. The standard InChI is InChI=1S/C24H25NO5/c1-17-14-25(15-23(29-17)18-8-4-3-5-9-18)24(26)22-13-12-19(30-22)16-28-21-11-7-6-10-20(21)27-2/h3-13,17,23H,14-16H2,1-2H3. The summed E-state index contributed by atoms with van der Waals surface area (Å²) in [6.07, 6.45) is -0.210. The van der Waals surface area contributed by atoms with Crippen LogP contribution in [0.15, 0.2) is 71.1 Å². The summed E-state index contributed by atoms with van der Waals surface area (Å²) < 4.78 is 22.9. The van der Waals surface area contributed by atoms with E-state index in [1.807, 2.05) is 61.5 Å². The molecule has 4 rings (SSSR count). The third-order valence-corrected chi connectivity index (χ3v) is 5.03. The molecule has 0 bridgehead atoms. The minimum Gasteiger partial charge on any atom is -0.493 e. The van der Waals surface area contributed by atoms with Gasteiger partial charge in [0, 0.05) is 6.54 Å². The summed E-state index contributed by atoms with van der Waals surface area (Å²) in [5, 5.41) is 0. The van der Waals surface area contributed by atoms with Gasteiger partial charge in [-0.15, -0.1) is 0 Å². The van der Waals surface area contributed by atoms with Crippen LogP contribution in [-0.2, 0) is 11.3 Å². The maximum atomic E-state index is 13.0. The third kappa shape index (κ3) is 4.49. The molecule has 2 heterocycles. The van der Waals surface area contributed by atoms with Crippen LogP contribution in [0.3, 0.4) is 0 Å².